The van der Waals surface area contributed by atoms with E-state index in [9.17, 15) is 50.8 Å². The number of carboxylic acids is 1. The Morgan fingerprint density at radius 1 is 0.982 bits per heavy atom. The van der Waals surface area contributed by atoms with Gasteiger partial charge in [-0.1, -0.05) is 57.2 Å². The molecule has 0 aliphatic heterocycles. The zero-order chi connectivity index (χ0) is 41.0. The van der Waals surface area contributed by atoms with Crippen LogP contribution in [-0.4, -0.2) is 74.2 Å². The summed E-state index contributed by atoms with van der Waals surface area (Å²) < 4.78 is 82.8. The van der Waals surface area contributed by atoms with Gasteiger partial charge in [0, 0.05) is 35.1 Å². The molecule has 2 aromatic rings. The van der Waals surface area contributed by atoms with Crippen molar-refractivity contribution in [2.75, 3.05) is 11.5 Å². The van der Waals surface area contributed by atoms with Crippen molar-refractivity contribution >= 4 is 28.8 Å². The minimum Gasteiger partial charge on any atom is -0.480 e. The third kappa shape index (κ3) is 10.1. The summed E-state index contributed by atoms with van der Waals surface area (Å²) in [5.74, 6) is -6.18. The Morgan fingerprint density at radius 3 is 2.34 bits per heavy atom. The van der Waals surface area contributed by atoms with E-state index >= 15 is 0 Å². The van der Waals surface area contributed by atoms with Crippen molar-refractivity contribution in [1.82, 2.24) is 10.6 Å². The van der Waals surface area contributed by atoms with Gasteiger partial charge in [-0.05, 0) is 115 Å². The first kappa shape index (κ1) is 43.5. The van der Waals surface area contributed by atoms with Crippen LogP contribution in [0, 0.1) is 29.1 Å². The average molecular weight is 813 g/mol. The van der Waals surface area contributed by atoms with E-state index in [0.29, 0.717) is 25.7 Å². The number of benzene rings is 2. The van der Waals surface area contributed by atoms with Gasteiger partial charge < -0.3 is 25.6 Å². The zero-order valence-corrected chi connectivity index (χ0v) is 32.8. The molecule has 310 valence electrons. The van der Waals surface area contributed by atoms with Gasteiger partial charge in [0.05, 0.1) is 6.10 Å². The van der Waals surface area contributed by atoms with Crippen molar-refractivity contribution in [2.24, 2.45) is 29.1 Å². The van der Waals surface area contributed by atoms with Crippen LogP contribution in [0.5, 0.6) is 5.75 Å². The first-order chi connectivity index (χ1) is 26.3. The number of fused-ring (bicyclic) bond motifs is 5. The van der Waals surface area contributed by atoms with Gasteiger partial charge in [0.25, 0.3) is 0 Å². The number of carbonyl (C=O) groups is 3. The van der Waals surface area contributed by atoms with Gasteiger partial charge in [-0.3, -0.25) is 9.00 Å². The molecule has 4 N–H and O–H groups in total. The summed E-state index contributed by atoms with van der Waals surface area (Å²) in [6.45, 7) is 5.58. The van der Waals surface area contributed by atoms with Crippen LogP contribution in [0.2, 0.25) is 0 Å². The number of nitrogens with one attached hydrogen (secondary N) is 2. The van der Waals surface area contributed by atoms with E-state index in [1.54, 1.807) is 56.3 Å². The minimum absolute atomic E-state index is 0.0560. The molecule has 9 atom stereocenters. The van der Waals surface area contributed by atoms with Gasteiger partial charge in [-0.2, -0.15) is 22.0 Å². The lowest BCUT2D eigenvalue weighted by atomic mass is 9.52. The van der Waals surface area contributed by atoms with Crippen LogP contribution in [0.15, 0.2) is 48.5 Å². The number of halogens is 5. The van der Waals surface area contributed by atoms with Crippen molar-refractivity contribution in [3.05, 3.63) is 65.2 Å². The normalized spacial score (nSPS) is 26.3. The summed E-state index contributed by atoms with van der Waals surface area (Å²) >= 11 is 0. The van der Waals surface area contributed by atoms with E-state index < -0.39 is 77.8 Å². The Kier molecular flexibility index (Phi) is 13.9. The van der Waals surface area contributed by atoms with E-state index in [1.807, 2.05) is 6.07 Å². The van der Waals surface area contributed by atoms with Crippen LogP contribution in [0.3, 0.4) is 0 Å². The smallest absolute Gasteiger partial charge is 0.453 e. The van der Waals surface area contributed by atoms with Crippen LogP contribution in [0.4, 0.5) is 26.7 Å². The number of aliphatic carboxylic acids is 1. The molecule has 2 amide bonds. The zero-order valence-electron chi connectivity index (χ0n) is 32.0. The number of ether oxygens (including phenoxy) is 1. The molecule has 0 spiro atoms. The molecule has 2 fully saturated rings. The molecule has 15 heteroatoms. The predicted octanol–water partition coefficient (Wildman–Crippen LogP) is 7.56. The van der Waals surface area contributed by atoms with Crippen LogP contribution in [-0.2, 0) is 33.2 Å². The molecule has 0 radical (unpaired) electrons. The second kappa shape index (κ2) is 17.9. The Balaban J connectivity index is 1.25. The molecule has 3 aliphatic rings. The van der Waals surface area contributed by atoms with Crippen LogP contribution < -0.4 is 15.4 Å². The van der Waals surface area contributed by atoms with Gasteiger partial charge >= 0.3 is 24.2 Å². The Hall–Kier alpha value is -3.59. The van der Waals surface area contributed by atoms with E-state index in [4.69, 9.17) is 4.74 Å². The van der Waals surface area contributed by atoms with Crippen molar-refractivity contribution in [1.29, 1.82) is 0 Å². The van der Waals surface area contributed by atoms with Gasteiger partial charge in [-0.15, -0.1) is 0 Å². The molecule has 5 rings (SSSR count). The number of hydrogen-bond donors (Lipinski definition) is 4. The fourth-order valence-electron chi connectivity index (χ4n) is 9.40. The molecule has 56 heavy (non-hydrogen) atoms. The monoisotopic (exact) mass is 812 g/mol. The summed E-state index contributed by atoms with van der Waals surface area (Å²) in [5, 5.41) is 25.9. The third-order valence-corrected chi connectivity index (χ3v) is 13.9. The lowest BCUT2D eigenvalue weighted by molar-refractivity contribution is -0.284. The molecule has 0 saturated heterocycles. The number of aliphatic hydroxyl groups is 1. The number of rotatable bonds is 16. The summed E-state index contributed by atoms with van der Waals surface area (Å²) in [6.07, 6.45) is -3.79. The summed E-state index contributed by atoms with van der Waals surface area (Å²) in [6, 6.07) is 12.0. The molecule has 9 nitrogen and oxygen atoms in total. The Bertz CT molecular complexity index is 1730. The van der Waals surface area contributed by atoms with Gasteiger partial charge in [-0.25, -0.2) is 9.59 Å². The van der Waals surface area contributed by atoms with E-state index in [-0.39, 0.29) is 52.8 Å². The highest BCUT2D eigenvalue weighted by Crippen LogP contribution is 2.62. The molecule has 2 saturated carbocycles. The van der Waals surface area contributed by atoms with E-state index in [0.717, 1.165) is 36.0 Å². The molecule has 0 bridgehead atoms. The fraction of sp³-hybridized carbons (Fsp3) is 0.634. The maximum Gasteiger partial charge on any atom is 0.453 e. The number of amides is 2. The fourth-order valence-corrected chi connectivity index (χ4v) is 10.6. The SMILES string of the molecule is CC(C)[C@H](NC(=O)Oc1ccc2c(c1)C[C@@H](CCCS(=O)CCCC(F)(F)C(F)(F)F)[C@@H]1[C@@H]2CC[C@]2(C)[C@@H](O)CC[C@@H]12)C(=O)N[C@@H](Cc1ccccc1)C(=O)O. The second-order valence-electron chi connectivity index (χ2n) is 16.4. The molecule has 3 aliphatic carbocycles. The number of carboxylic acid groups (broad SMARTS) is 1. The molecule has 2 aromatic carbocycles. The van der Waals surface area contributed by atoms with Gasteiger partial charge in [0.15, 0.2) is 0 Å². The Morgan fingerprint density at radius 2 is 1.68 bits per heavy atom. The highest BCUT2D eigenvalue weighted by Gasteiger charge is 2.57. The highest BCUT2D eigenvalue weighted by atomic mass is 32.2. The topological polar surface area (TPSA) is 142 Å². The number of aliphatic hydroxyl groups excluding tert-OH is 1. The summed E-state index contributed by atoms with van der Waals surface area (Å²) in [4.78, 5) is 38.5. The molecule has 1 unspecified atom stereocenters. The highest BCUT2D eigenvalue weighted by molar-refractivity contribution is 7.84. The quantitative estimate of drug-likeness (QED) is 0.128. The number of hydrogen-bond acceptors (Lipinski definition) is 6. The molecular formula is C41H53F5N2O7S. The lowest BCUT2D eigenvalue weighted by Gasteiger charge is -2.53. The van der Waals surface area contributed by atoms with Crippen LogP contribution >= 0.6 is 0 Å². The number of carbonyl (C=O) groups excluding carboxylic acids is 2. The molecular weight excluding hydrogens is 760 g/mol. The van der Waals surface area contributed by atoms with E-state index in [2.05, 4.69) is 17.6 Å². The van der Waals surface area contributed by atoms with Crippen molar-refractivity contribution < 1.29 is 55.5 Å². The third-order valence-electron chi connectivity index (χ3n) is 12.4. The maximum atomic E-state index is 13.4. The first-order valence-corrected chi connectivity index (χ1v) is 21.0. The maximum absolute atomic E-state index is 13.4. The average Bonchev–Trinajstić information content (AvgIpc) is 3.43. The van der Waals surface area contributed by atoms with Crippen molar-refractivity contribution in [3.8, 4) is 5.75 Å². The second-order valence-corrected chi connectivity index (χ2v) is 18.1. The Labute approximate surface area is 327 Å². The van der Waals surface area contributed by atoms with Crippen molar-refractivity contribution in [2.45, 2.75) is 121 Å². The van der Waals surface area contributed by atoms with Gasteiger partial charge in [0.1, 0.15) is 17.8 Å². The molecule has 0 aromatic heterocycles. The number of alkyl halides is 5. The largest absolute Gasteiger partial charge is 0.480 e. The first-order valence-electron chi connectivity index (χ1n) is 19.5. The van der Waals surface area contributed by atoms with Crippen LogP contribution in [0.1, 0.15) is 94.7 Å². The summed E-state index contributed by atoms with van der Waals surface area (Å²) in [7, 11) is -1.56. The van der Waals surface area contributed by atoms with E-state index in [1.165, 1.54) is 0 Å². The van der Waals surface area contributed by atoms with Crippen LogP contribution in [0.25, 0.3) is 0 Å². The summed E-state index contributed by atoms with van der Waals surface area (Å²) in [5.41, 5.74) is 2.59. The lowest BCUT2D eigenvalue weighted by Crippen LogP contribution is -2.54. The molecule has 0 heterocycles. The van der Waals surface area contributed by atoms with Gasteiger partial charge in [0.2, 0.25) is 5.91 Å². The predicted molar refractivity (Wildman–Crippen MR) is 201 cm³/mol. The standard InChI is InChI=1S/C41H53F5N2O7S/c1-24(2)35(36(50)47-32(37(51)52)21-25-9-5-4-6-10-25)48-38(53)55-28-12-13-29-27(23-28)22-26(34-30(29)16-18-39(3)31(34)14-15-33(39)49)11-7-19-56(54)20-8-17-40(42,43)41(44,45)46/h4-6,9-10,12-13,23-24,26,30-35,49H,7-8,11,14-22H2,1-3H3,(H,47,50)(H,48,53)(H,51,52)/t26-,30-,31+,32+,33+,34-,35+,39+,56?/m1/s1. The minimum atomic E-state index is -5.64. The van der Waals surface area contributed by atoms with Crippen molar-refractivity contribution in [3.63, 3.8) is 0 Å².